The van der Waals surface area contributed by atoms with Gasteiger partial charge in [-0.2, -0.15) is 0 Å². The Kier molecular flexibility index (Phi) is 2.78. The zero-order valence-corrected chi connectivity index (χ0v) is 9.23. The first-order valence-electron chi connectivity index (χ1n) is 5.28. The Morgan fingerprint density at radius 1 is 1.40 bits per heavy atom. The monoisotopic (exact) mass is 203 g/mol. The fraction of sp³-hybridized carbons (Fsp3) is 0.385. The summed E-state index contributed by atoms with van der Waals surface area (Å²) in [5.74, 6) is 1.50. The lowest BCUT2D eigenvalue weighted by molar-refractivity contribution is 0.415. The van der Waals surface area contributed by atoms with Crippen molar-refractivity contribution in [1.82, 2.24) is 0 Å². The van der Waals surface area contributed by atoms with Crippen LogP contribution in [0.15, 0.2) is 29.8 Å². The van der Waals surface area contributed by atoms with Gasteiger partial charge in [0, 0.05) is 6.04 Å². The lowest BCUT2D eigenvalue weighted by atomic mass is 10.1. The molecule has 1 aromatic rings. The third kappa shape index (κ3) is 2.39. The van der Waals surface area contributed by atoms with Crippen molar-refractivity contribution >= 4 is 6.08 Å². The molecule has 15 heavy (non-hydrogen) atoms. The molecular formula is C13H17NO. The summed E-state index contributed by atoms with van der Waals surface area (Å²) in [6.45, 7) is 2.15. The van der Waals surface area contributed by atoms with Gasteiger partial charge in [0.05, 0.1) is 7.11 Å². The summed E-state index contributed by atoms with van der Waals surface area (Å²) in [6.07, 6.45) is 3.34. The van der Waals surface area contributed by atoms with Crippen LogP contribution in [0.4, 0.5) is 0 Å². The molecule has 0 bridgehead atoms. The van der Waals surface area contributed by atoms with Crippen LogP contribution in [-0.4, -0.2) is 13.2 Å². The lowest BCUT2D eigenvalue weighted by Crippen LogP contribution is -2.02. The Hall–Kier alpha value is -1.28. The number of hydrogen-bond acceptors (Lipinski definition) is 2. The molecule has 80 valence electrons. The van der Waals surface area contributed by atoms with Gasteiger partial charge in [-0.3, -0.25) is 0 Å². The van der Waals surface area contributed by atoms with Crippen LogP contribution < -0.4 is 10.5 Å². The van der Waals surface area contributed by atoms with Gasteiger partial charge in [0.2, 0.25) is 0 Å². The zero-order chi connectivity index (χ0) is 10.8. The third-order valence-electron chi connectivity index (χ3n) is 2.93. The van der Waals surface area contributed by atoms with E-state index >= 15 is 0 Å². The van der Waals surface area contributed by atoms with E-state index in [4.69, 9.17) is 10.5 Å². The molecule has 1 aliphatic rings. The van der Waals surface area contributed by atoms with Crippen molar-refractivity contribution < 1.29 is 4.74 Å². The first kappa shape index (κ1) is 10.2. The molecule has 1 saturated carbocycles. The van der Waals surface area contributed by atoms with Crippen LogP contribution in [0.5, 0.6) is 5.75 Å². The Morgan fingerprint density at radius 3 is 2.47 bits per heavy atom. The zero-order valence-electron chi connectivity index (χ0n) is 9.23. The molecule has 0 heterocycles. The second-order valence-electron chi connectivity index (χ2n) is 4.17. The fourth-order valence-corrected chi connectivity index (χ4v) is 1.81. The van der Waals surface area contributed by atoms with Crippen molar-refractivity contribution in [3.8, 4) is 5.75 Å². The molecule has 0 aliphatic heterocycles. The maximum absolute atomic E-state index is 5.81. The van der Waals surface area contributed by atoms with E-state index in [1.165, 1.54) is 11.1 Å². The molecule has 2 heteroatoms. The summed E-state index contributed by atoms with van der Waals surface area (Å²) in [5, 5.41) is 0. The van der Waals surface area contributed by atoms with Crippen molar-refractivity contribution in [2.75, 3.05) is 7.11 Å². The SMILES string of the molecule is COc1ccc(/C=C(\C)C2CC2N)cc1. The van der Waals surface area contributed by atoms with Crippen molar-refractivity contribution in [3.63, 3.8) is 0 Å². The van der Waals surface area contributed by atoms with E-state index in [1.54, 1.807) is 7.11 Å². The van der Waals surface area contributed by atoms with Crippen molar-refractivity contribution in [3.05, 3.63) is 35.4 Å². The molecule has 2 nitrogen and oxygen atoms in total. The second-order valence-corrected chi connectivity index (χ2v) is 4.17. The molecule has 1 aliphatic carbocycles. The van der Waals surface area contributed by atoms with Gasteiger partial charge in [-0.1, -0.05) is 23.8 Å². The quantitative estimate of drug-likeness (QED) is 0.819. The van der Waals surface area contributed by atoms with E-state index in [0.717, 1.165) is 12.2 Å². The van der Waals surface area contributed by atoms with E-state index in [1.807, 2.05) is 12.1 Å². The molecule has 0 amide bonds. The Bertz CT molecular complexity index is 367. The molecule has 1 aromatic carbocycles. The molecule has 0 spiro atoms. The highest BCUT2D eigenvalue weighted by molar-refractivity contribution is 5.55. The van der Waals surface area contributed by atoms with Gasteiger partial charge < -0.3 is 10.5 Å². The minimum absolute atomic E-state index is 0.388. The first-order valence-corrected chi connectivity index (χ1v) is 5.28. The van der Waals surface area contributed by atoms with Crippen LogP contribution in [0.2, 0.25) is 0 Å². The molecule has 0 aromatic heterocycles. The Labute approximate surface area is 90.7 Å². The van der Waals surface area contributed by atoms with Gasteiger partial charge in [0.25, 0.3) is 0 Å². The van der Waals surface area contributed by atoms with Gasteiger partial charge in [0.1, 0.15) is 5.75 Å². The Balaban J connectivity index is 2.09. The highest BCUT2D eigenvalue weighted by Gasteiger charge is 2.34. The average molecular weight is 203 g/mol. The summed E-state index contributed by atoms with van der Waals surface area (Å²) in [5.41, 5.74) is 8.40. The van der Waals surface area contributed by atoms with E-state index in [9.17, 15) is 0 Å². The summed E-state index contributed by atoms with van der Waals surface area (Å²) >= 11 is 0. The van der Waals surface area contributed by atoms with Gasteiger partial charge in [-0.15, -0.1) is 0 Å². The minimum Gasteiger partial charge on any atom is -0.497 e. The molecule has 0 saturated heterocycles. The van der Waals surface area contributed by atoms with Gasteiger partial charge in [0.15, 0.2) is 0 Å². The Morgan fingerprint density at radius 2 is 2.00 bits per heavy atom. The van der Waals surface area contributed by atoms with Crippen LogP contribution in [-0.2, 0) is 0 Å². The smallest absolute Gasteiger partial charge is 0.118 e. The first-order chi connectivity index (χ1) is 7.20. The fourth-order valence-electron chi connectivity index (χ4n) is 1.81. The van der Waals surface area contributed by atoms with Crippen LogP contribution >= 0.6 is 0 Å². The number of ether oxygens (including phenoxy) is 1. The topological polar surface area (TPSA) is 35.2 Å². The lowest BCUT2D eigenvalue weighted by Gasteiger charge is -2.01. The predicted octanol–water partition coefficient (Wildman–Crippen LogP) is 2.45. The van der Waals surface area contributed by atoms with Gasteiger partial charge in [-0.05, 0) is 37.0 Å². The number of hydrogen-bond donors (Lipinski definition) is 1. The van der Waals surface area contributed by atoms with E-state index < -0.39 is 0 Å². The highest BCUT2D eigenvalue weighted by Crippen LogP contribution is 2.35. The van der Waals surface area contributed by atoms with E-state index in [-0.39, 0.29) is 0 Å². The molecule has 2 N–H and O–H groups in total. The molecule has 0 radical (unpaired) electrons. The van der Waals surface area contributed by atoms with Crippen LogP contribution in [0.25, 0.3) is 6.08 Å². The molecular weight excluding hydrogens is 186 g/mol. The van der Waals surface area contributed by atoms with Gasteiger partial charge >= 0.3 is 0 Å². The number of methoxy groups -OCH3 is 1. The normalized spacial score (nSPS) is 25.1. The van der Waals surface area contributed by atoms with Crippen LogP contribution in [0, 0.1) is 5.92 Å². The minimum atomic E-state index is 0.388. The summed E-state index contributed by atoms with van der Waals surface area (Å²) in [7, 11) is 1.68. The van der Waals surface area contributed by atoms with E-state index in [2.05, 4.69) is 25.1 Å². The van der Waals surface area contributed by atoms with Crippen molar-refractivity contribution in [2.24, 2.45) is 11.7 Å². The standard InChI is InChI=1S/C13H17NO/c1-9(12-8-13(12)14)7-10-3-5-11(15-2)6-4-10/h3-7,12-13H,8,14H2,1-2H3/b9-7+. The maximum Gasteiger partial charge on any atom is 0.118 e. The maximum atomic E-state index is 5.81. The molecule has 2 rings (SSSR count). The average Bonchev–Trinajstić information content (AvgIpc) is 2.97. The summed E-state index contributed by atoms with van der Waals surface area (Å²) in [4.78, 5) is 0. The molecule has 2 unspecified atom stereocenters. The largest absolute Gasteiger partial charge is 0.497 e. The van der Waals surface area contributed by atoms with E-state index in [0.29, 0.717) is 12.0 Å². The van der Waals surface area contributed by atoms with Crippen LogP contribution in [0.3, 0.4) is 0 Å². The highest BCUT2D eigenvalue weighted by atomic mass is 16.5. The van der Waals surface area contributed by atoms with Crippen LogP contribution in [0.1, 0.15) is 18.9 Å². The molecule has 1 fully saturated rings. The third-order valence-corrected chi connectivity index (χ3v) is 2.93. The number of rotatable bonds is 3. The summed E-state index contributed by atoms with van der Waals surface area (Å²) < 4.78 is 5.11. The van der Waals surface area contributed by atoms with Gasteiger partial charge in [-0.25, -0.2) is 0 Å². The predicted molar refractivity (Wildman–Crippen MR) is 62.7 cm³/mol. The number of nitrogens with two attached hydrogens (primary N) is 1. The second kappa shape index (κ2) is 4.07. The number of benzene rings is 1. The van der Waals surface area contributed by atoms with Crippen molar-refractivity contribution in [2.45, 2.75) is 19.4 Å². The van der Waals surface area contributed by atoms with Crippen molar-refractivity contribution in [1.29, 1.82) is 0 Å². The molecule has 2 atom stereocenters. The summed E-state index contributed by atoms with van der Waals surface area (Å²) in [6, 6.07) is 8.48.